The molecule has 1 aliphatic carbocycles. The predicted molar refractivity (Wildman–Crippen MR) is 158 cm³/mol. The first kappa shape index (κ1) is 29.3. The molecule has 2 aromatic carbocycles. The number of nitrogens with one attached hydrogen (secondary N) is 1. The van der Waals surface area contributed by atoms with Crippen molar-refractivity contribution in [3.05, 3.63) is 82.3 Å². The molecule has 10 heteroatoms. The Bertz CT molecular complexity index is 1460. The largest absolute Gasteiger partial charge is 0.491 e. The molecular weight excluding hydrogens is 539 g/mol. The number of rotatable bonds is 6. The normalized spacial score (nSPS) is 22.2. The fourth-order valence-corrected chi connectivity index (χ4v) is 5.79. The van der Waals surface area contributed by atoms with E-state index in [2.05, 4.69) is 15.2 Å². The van der Waals surface area contributed by atoms with Crippen molar-refractivity contribution < 1.29 is 28.6 Å². The number of aliphatic hydroxyl groups excluding tert-OH is 1. The molecule has 9 nitrogen and oxygen atoms in total. The van der Waals surface area contributed by atoms with Crippen molar-refractivity contribution in [2.45, 2.75) is 45.3 Å². The van der Waals surface area contributed by atoms with Gasteiger partial charge in [-0.2, -0.15) is 0 Å². The summed E-state index contributed by atoms with van der Waals surface area (Å²) in [5, 5.41) is 13.7. The van der Waals surface area contributed by atoms with E-state index in [1.54, 1.807) is 24.3 Å². The Labute approximate surface area is 244 Å². The smallest absolute Gasteiger partial charge is 0.261 e. The SMILES string of the molecule is C.CN1CCC(N2C(=O)c3cc4c(cc3C2=O)NC(=C2C(=O)CC=CC2=NC[C@H](O)COc2ccc(F)cc2)C4)CC1. The highest BCUT2D eigenvalue weighted by atomic mass is 19.1. The number of carbonyl (C=O) groups is 3. The Morgan fingerprint density at radius 1 is 1.10 bits per heavy atom. The third-order valence-electron chi connectivity index (χ3n) is 7.99. The number of halogens is 1. The lowest BCUT2D eigenvalue weighted by Crippen LogP contribution is -2.46. The first-order chi connectivity index (χ1) is 19.8. The van der Waals surface area contributed by atoms with Crippen LogP contribution in [-0.2, 0) is 11.2 Å². The van der Waals surface area contributed by atoms with Crippen molar-refractivity contribution in [3.8, 4) is 5.75 Å². The molecule has 3 heterocycles. The monoisotopic (exact) mass is 574 g/mol. The molecule has 1 fully saturated rings. The highest BCUT2D eigenvalue weighted by Crippen LogP contribution is 2.38. The fourth-order valence-electron chi connectivity index (χ4n) is 5.79. The number of allylic oxidation sites excluding steroid dienone is 4. The van der Waals surface area contributed by atoms with Crippen LogP contribution in [0.1, 0.15) is 53.0 Å². The van der Waals surface area contributed by atoms with Gasteiger partial charge in [0.15, 0.2) is 5.78 Å². The number of hydrogen-bond acceptors (Lipinski definition) is 8. The summed E-state index contributed by atoms with van der Waals surface area (Å²) < 4.78 is 18.6. The van der Waals surface area contributed by atoms with Gasteiger partial charge in [0.05, 0.1) is 29.0 Å². The number of imide groups is 1. The Balaban J connectivity index is 0.00000353. The zero-order chi connectivity index (χ0) is 28.7. The van der Waals surface area contributed by atoms with Crippen LogP contribution in [0.15, 0.2) is 64.8 Å². The molecule has 0 bridgehead atoms. The van der Waals surface area contributed by atoms with Crippen molar-refractivity contribution in [3.63, 3.8) is 0 Å². The molecule has 1 atom stereocenters. The van der Waals surface area contributed by atoms with Crippen LogP contribution in [0.25, 0.3) is 0 Å². The molecule has 2 aromatic rings. The van der Waals surface area contributed by atoms with Crippen LogP contribution >= 0.6 is 0 Å². The fraction of sp³-hybridized carbons (Fsp3) is 0.375. The Morgan fingerprint density at radius 2 is 1.79 bits per heavy atom. The molecule has 0 unspecified atom stereocenters. The van der Waals surface area contributed by atoms with E-state index in [4.69, 9.17) is 4.74 Å². The second-order valence-electron chi connectivity index (χ2n) is 10.9. The van der Waals surface area contributed by atoms with Gasteiger partial charge >= 0.3 is 0 Å². The summed E-state index contributed by atoms with van der Waals surface area (Å²) in [6.07, 6.45) is 4.70. The van der Waals surface area contributed by atoms with Crippen LogP contribution in [0.4, 0.5) is 10.1 Å². The second kappa shape index (κ2) is 12.0. The second-order valence-corrected chi connectivity index (χ2v) is 10.9. The lowest BCUT2D eigenvalue weighted by Gasteiger charge is -2.33. The van der Waals surface area contributed by atoms with E-state index in [0.717, 1.165) is 31.5 Å². The number of ketones is 1. The quantitative estimate of drug-likeness (QED) is 0.399. The van der Waals surface area contributed by atoms with Crippen molar-refractivity contribution in [1.82, 2.24) is 9.80 Å². The molecule has 0 saturated carbocycles. The van der Waals surface area contributed by atoms with Crippen LogP contribution < -0.4 is 10.1 Å². The van der Waals surface area contributed by atoms with Gasteiger partial charge in [-0.1, -0.05) is 13.5 Å². The average molecular weight is 575 g/mol. The van der Waals surface area contributed by atoms with Crippen molar-refractivity contribution in [1.29, 1.82) is 0 Å². The number of piperidine rings is 1. The number of hydrogen-bond donors (Lipinski definition) is 2. The Hall–Kier alpha value is -4.15. The number of aliphatic hydroxyl groups is 1. The summed E-state index contributed by atoms with van der Waals surface area (Å²) in [4.78, 5) is 47.7. The van der Waals surface area contributed by atoms with Gasteiger partial charge < -0.3 is 20.1 Å². The van der Waals surface area contributed by atoms with Crippen molar-refractivity contribution in [2.75, 3.05) is 38.6 Å². The molecular formula is C32H35FN4O5. The van der Waals surface area contributed by atoms with Crippen LogP contribution in [0.2, 0.25) is 0 Å². The maximum atomic E-state index is 13.3. The van der Waals surface area contributed by atoms with Gasteiger partial charge in [-0.15, -0.1) is 0 Å². The Kier molecular flexibility index (Phi) is 8.38. The molecule has 0 aromatic heterocycles. The van der Waals surface area contributed by atoms with E-state index < -0.39 is 6.10 Å². The van der Waals surface area contributed by atoms with Crippen molar-refractivity contribution in [2.24, 2.45) is 4.99 Å². The summed E-state index contributed by atoms with van der Waals surface area (Å²) in [7, 11) is 2.04. The molecule has 2 N–H and O–H groups in total. The highest BCUT2D eigenvalue weighted by Gasteiger charge is 2.42. The molecule has 3 aliphatic heterocycles. The molecule has 220 valence electrons. The van der Waals surface area contributed by atoms with Crippen LogP contribution in [-0.4, -0.2) is 83.7 Å². The van der Waals surface area contributed by atoms with Crippen LogP contribution in [0.5, 0.6) is 5.75 Å². The van der Waals surface area contributed by atoms with Gasteiger partial charge in [0.2, 0.25) is 0 Å². The summed E-state index contributed by atoms with van der Waals surface area (Å²) in [5.74, 6) is -0.564. The molecule has 4 aliphatic rings. The number of amides is 2. The minimum atomic E-state index is -0.939. The van der Waals surface area contributed by atoms with Crippen molar-refractivity contribution >= 4 is 29.0 Å². The van der Waals surface area contributed by atoms with Gasteiger partial charge in [0, 0.05) is 30.3 Å². The van der Waals surface area contributed by atoms with E-state index in [0.29, 0.717) is 46.0 Å². The predicted octanol–water partition coefficient (Wildman–Crippen LogP) is 3.78. The summed E-state index contributed by atoms with van der Waals surface area (Å²) in [6, 6.07) is 8.91. The standard InChI is InChI=1S/C31H31FN4O5.CH4/c1-35-11-9-20(10-12-35)36-30(39)23-13-18-14-27(34-26(18)15-24(23)31(36)40)29-25(3-2-4-28(29)38)33-16-21(37)17-41-22-7-5-19(32)6-8-22;/h2-3,5-8,13,15,20-21,34,37H,4,9-12,14,16-17H2,1H3;1H4/t21-;/m0./s1. The molecule has 0 spiro atoms. The first-order valence-corrected chi connectivity index (χ1v) is 13.8. The zero-order valence-corrected chi connectivity index (χ0v) is 22.7. The first-order valence-electron chi connectivity index (χ1n) is 13.8. The number of Topliss-reactive ketones (excluding diaryl/α,β-unsaturated/α-hetero) is 1. The third kappa shape index (κ3) is 5.64. The topological polar surface area (TPSA) is 112 Å². The number of anilines is 1. The summed E-state index contributed by atoms with van der Waals surface area (Å²) >= 11 is 0. The highest BCUT2D eigenvalue weighted by molar-refractivity contribution is 6.29. The van der Waals surface area contributed by atoms with E-state index >= 15 is 0 Å². The number of fused-ring (bicyclic) bond motifs is 2. The average Bonchev–Trinajstić information content (AvgIpc) is 3.48. The number of benzene rings is 2. The number of likely N-dealkylation sites (tertiary alicyclic amines) is 1. The molecule has 0 radical (unpaired) electrons. The van der Waals surface area contributed by atoms with Gasteiger partial charge in [-0.25, -0.2) is 4.39 Å². The van der Waals surface area contributed by atoms with Gasteiger partial charge in [0.25, 0.3) is 11.8 Å². The van der Waals surface area contributed by atoms with E-state index in [-0.39, 0.29) is 56.5 Å². The minimum Gasteiger partial charge on any atom is -0.491 e. The molecule has 1 saturated heterocycles. The van der Waals surface area contributed by atoms with Gasteiger partial charge in [-0.3, -0.25) is 24.3 Å². The summed E-state index contributed by atoms with van der Waals surface area (Å²) in [6.45, 7) is 1.65. The third-order valence-corrected chi connectivity index (χ3v) is 7.99. The maximum absolute atomic E-state index is 13.3. The van der Waals surface area contributed by atoms with Gasteiger partial charge in [0.1, 0.15) is 24.3 Å². The number of aliphatic imine (C=N–C) groups is 1. The minimum absolute atomic E-state index is 0. The molecule has 2 amide bonds. The number of ether oxygens (including phenoxy) is 1. The van der Waals surface area contributed by atoms with E-state index in [1.807, 2.05) is 7.05 Å². The maximum Gasteiger partial charge on any atom is 0.261 e. The van der Waals surface area contributed by atoms with E-state index in [1.165, 1.54) is 29.2 Å². The van der Waals surface area contributed by atoms with Gasteiger partial charge in [-0.05, 0) is 81.0 Å². The summed E-state index contributed by atoms with van der Waals surface area (Å²) in [5.41, 5.74) is 3.87. The number of nitrogens with zero attached hydrogens (tertiary/aromatic N) is 3. The van der Waals surface area contributed by atoms with E-state index in [9.17, 15) is 23.9 Å². The van der Waals surface area contributed by atoms with Crippen LogP contribution in [0.3, 0.4) is 0 Å². The molecule has 42 heavy (non-hydrogen) atoms. The lowest BCUT2D eigenvalue weighted by molar-refractivity contribution is -0.114. The lowest BCUT2D eigenvalue weighted by atomic mass is 9.94. The zero-order valence-electron chi connectivity index (χ0n) is 22.7. The van der Waals surface area contributed by atoms with Crippen LogP contribution in [0, 0.1) is 5.82 Å². The molecule has 6 rings (SSSR count). The number of carbonyl (C=O) groups excluding carboxylic acids is 3. The Morgan fingerprint density at radius 3 is 2.50 bits per heavy atom.